The van der Waals surface area contributed by atoms with Crippen molar-refractivity contribution < 1.29 is 28.6 Å². The van der Waals surface area contributed by atoms with Crippen LogP contribution in [0.4, 0.5) is 0 Å². The van der Waals surface area contributed by atoms with Crippen LogP contribution in [-0.4, -0.2) is 49.8 Å². The molecular weight excluding hydrogens is 254 g/mol. The second-order valence-electron chi connectivity index (χ2n) is 3.86. The lowest BCUT2D eigenvalue weighted by molar-refractivity contribution is -0.160. The third kappa shape index (κ3) is 7.40. The van der Waals surface area contributed by atoms with Crippen molar-refractivity contribution in [1.82, 2.24) is 5.32 Å². The minimum absolute atomic E-state index is 0.104. The molecule has 0 saturated carbocycles. The van der Waals surface area contributed by atoms with Gasteiger partial charge in [0, 0.05) is 0 Å². The van der Waals surface area contributed by atoms with Crippen molar-refractivity contribution in [3.8, 4) is 0 Å². The summed E-state index contributed by atoms with van der Waals surface area (Å²) in [5.74, 6) is -2.28. The SMILES string of the molecule is CCOC(=O)C(NC(=O)COC(C)C)C(=O)OCC. The van der Waals surface area contributed by atoms with E-state index in [0.29, 0.717) is 0 Å². The number of carbonyl (C=O) groups excluding carboxylic acids is 3. The Balaban J connectivity index is 4.53. The van der Waals surface area contributed by atoms with E-state index in [1.54, 1.807) is 27.7 Å². The van der Waals surface area contributed by atoms with E-state index in [4.69, 9.17) is 14.2 Å². The molecule has 0 spiro atoms. The van der Waals surface area contributed by atoms with Gasteiger partial charge in [-0.25, -0.2) is 9.59 Å². The molecule has 1 amide bonds. The summed E-state index contributed by atoms with van der Waals surface area (Å²) in [6, 6.07) is -1.46. The molecule has 0 aromatic carbocycles. The highest BCUT2D eigenvalue weighted by Crippen LogP contribution is 1.96. The predicted molar refractivity (Wildman–Crippen MR) is 66.3 cm³/mol. The molecule has 0 fully saturated rings. The Bertz CT molecular complexity index is 297. The molecule has 7 heteroatoms. The quantitative estimate of drug-likeness (QED) is 0.496. The van der Waals surface area contributed by atoms with Crippen LogP contribution in [0, 0.1) is 0 Å². The number of nitrogens with one attached hydrogen (secondary N) is 1. The molecule has 0 radical (unpaired) electrons. The average Bonchev–Trinajstić information content (AvgIpc) is 2.33. The summed E-state index contributed by atoms with van der Waals surface area (Å²) in [6.45, 7) is 6.70. The zero-order valence-electron chi connectivity index (χ0n) is 11.7. The summed E-state index contributed by atoms with van der Waals surface area (Å²) in [5, 5.41) is 2.23. The fourth-order valence-electron chi connectivity index (χ4n) is 1.11. The Kier molecular flexibility index (Phi) is 8.52. The van der Waals surface area contributed by atoms with Crippen LogP contribution in [0.1, 0.15) is 27.7 Å². The van der Waals surface area contributed by atoms with E-state index in [0.717, 1.165) is 0 Å². The Morgan fingerprint density at radius 3 is 1.84 bits per heavy atom. The molecule has 7 nitrogen and oxygen atoms in total. The molecule has 1 N–H and O–H groups in total. The maximum atomic E-state index is 11.6. The van der Waals surface area contributed by atoms with Gasteiger partial charge in [-0.05, 0) is 27.7 Å². The smallest absolute Gasteiger partial charge is 0.340 e. The van der Waals surface area contributed by atoms with Crippen molar-refractivity contribution in [2.75, 3.05) is 19.8 Å². The lowest BCUT2D eigenvalue weighted by atomic mass is 10.3. The van der Waals surface area contributed by atoms with E-state index < -0.39 is 23.9 Å². The molecule has 0 aliphatic rings. The van der Waals surface area contributed by atoms with Crippen LogP contribution >= 0.6 is 0 Å². The first-order valence-electron chi connectivity index (χ1n) is 6.16. The zero-order valence-corrected chi connectivity index (χ0v) is 11.7. The highest BCUT2D eigenvalue weighted by atomic mass is 16.6. The van der Waals surface area contributed by atoms with Gasteiger partial charge < -0.3 is 19.5 Å². The van der Waals surface area contributed by atoms with Gasteiger partial charge in [0.25, 0.3) is 0 Å². The van der Waals surface area contributed by atoms with Crippen molar-refractivity contribution in [2.24, 2.45) is 0 Å². The molecule has 0 rings (SSSR count). The molecule has 0 unspecified atom stereocenters. The standard InChI is InChI=1S/C12H21NO6/c1-5-17-11(15)10(12(16)18-6-2)13-9(14)7-19-8(3)4/h8,10H,5-7H2,1-4H3,(H,13,14). The van der Waals surface area contributed by atoms with Crippen LogP contribution in [0.25, 0.3) is 0 Å². The number of rotatable bonds is 8. The van der Waals surface area contributed by atoms with Crippen molar-refractivity contribution in [1.29, 1.82) is 0 Å². The molecule has 0 atom stereocenters. The van der Waals surface area contributed by atoms with Crippen LogP contribution in [0.3, 0.4) is 0 Å². The average molecular weight is 275 g/mol. The van der Waals surface area contributed by atoms with E-state index in [9.17, 15) is 14.4 Å². The van der Waals surface area contributed by atoms with Gasteiger partial charge >= 0.3 is 11.9 Å². The molecular formula is C12H21NO6. The first-order valence-corrected chi connectivity index (χ1v) is 6.16. The van der Waals surface area contributed by atoms with Gasteiger partial charge in [-0.3, -0.25) is 4.79 Å². The maximum Gasteiger partial charge on any atom is 0.340 e. The molecule has 110 valence electrons. The van der Waals surface area contributed by atoms with E-state index >= 15 is 0 Å². The van der Waals surface area contributed by atoms with Gasteiger partial charge in [-0.15, -0.1) is 0 Å². The van der Waals surface area contributed by atoms with Gasteiger partial charge in [-0.2, -0.15) is 0 Å². The molecule has 0 saturated heterocycles. The fraction of sp³-hybridized carbons (Fsp3) is 0.750. The first kappa shape index (κ1) is 17.4. The predicted octanol–water partition coefficient (Wildman–Crippen LogP) is 0.0224. The van der Waals surface area contributed by atoms with E-state index in [2.05, 4.69) is 5.32 Å². The lowest BCUT2D eigenvalue weighted by Gasteiger charge is -2.16. The fourth-order valence-corrected chi connectivity index (χ4v) is 1.11. The van der Waals surface area contributed by atoms with Gasteiger partial charge in [0.05, 0.1) is 19.3 Å². The number of amides is 1. The van der Waals surface area contributed by atoms with Crippen LogP contribution in [-0.2, 0) is 28.6 Å². The summed E-state index contributed by atoms with van der Waals surface area (Å²) in [4.78, 5) is 34.6. The summed E-state index contributed by atoms with van der Waals surface area (Å²) in [5.41, 5.74) is 0. The third-order valence-electron chi connectivity index (χ3n) is 1.90. The third-order valence-corrected chi connectivity index (χ3v) is 1.90. The molecule has 0 bridgehead atoms. The zero-order chi connectivity index (χ0) is 14.8. The summed E-state index contributed by atoms with van der Waals surface area (Å²) in [6.07, 6.45) is -0.130. The second-order valence-corrected chi connectivity index (χ2v) is 3.86. The minimum Gasteiger partial charge on any atom is -0.464 e. The lowest BCUT2D eigenvalue weighted by Crippen LogP contribution is -2.49. The Hall–Kier alpha value is -1.63. The molecule has 19 heavy (non-hydrogen) atoms. The maximum absolute atomic E-state index is 11.6. The number of carbonyl (C=O) groups is 3. The highest BCUT2D eigenvalue weighted by Gasteiger charge is 2.31. The molecule has 0 heterocycles. The van der Waals surface area contributed by atoms with E-state index in [-0.39, 0.29) is 25.9 Å². The number of hydrogen-bond donors (Lipinski definition) is 1. The summed E-state index contributed by atoms with van der Waals surface area (Å²) < 4.78 is 14.5. The van der Waals surface area contributed by atoms with Crippen molar-refractivity contribution in [3.63, 3.8) is 0 Å². The summed E-state index contributed by atoms with van der Waals surface area (Å²) in [7, 11) is 0. The largest absolute Gasteiger partial charge is 0.464 e. The van der Waals surface area contributed by atoms with Crippen LogP contribution in [0.2, 0.25) is 0 Å². The topological polar surface area (TPSA) is 90.9 Å². The van der Waals surface area contributed by atoms with Gasteiger partial charge in [-0.1, -0.05) is 0 Å². The van der Waals surface area contributed by atoms with Gasteiger partial charge in [0.2, 0.25) is 11.9 Å². The van der Waals surface area contributed by atoms with Gasteiger partial charge in [0.1, 0.15) is 6.61 Å². The summed E-state index contributed by atoms with van der Waals surface area (Å²) >= 11 is 0. The van der Waals surface area contributed by atoms with Crippen molar-refractivity contribution in [3.05, 3.63) is 0 Å². The molecule has 0 aliphatic heterocycles. The first-order chi connectivity index (χ1) is 8.92. The van der Waals surface area contributed by atoms with E-state index in [1.807, 2.05) is 0 Å². The normalized spacial score (nSPS) is 10.4. The minimum atomic E-state index is -1.46. The Morgan fingerprint density at radius 1 is 1.00 bits per heavy atom. The van der Waals surface area contributed by atoms with Gasteiger partial charge in [0.15, 0.2) is 0 Å². The Labute approximate surface area is 112 Å². The van der Waals surface area contributed by atoms with Crippen molar-refractivity contribution in [2.45, 2.75) is 39.8 Å². The second kappa shape index (κ2) is 9.32. The highest BCUT2D eigenvalue weighted by molar-refractivity contribution is 6.02. The molecule has 0 aromatic rings. The number of esters is 2. The number of ether oxygens (including phenoxy) is 3. The van der Waals surface area contributed by atoms with E-state index in [1.165, 1.54) is 0 Å². The monoisotopic (exact) mass is 275 g/mol. The Morgan fingerprint density at radius 2 is 1.47 bits per heavy atom. The molecule has 0 aliphatic carbocycles. The van der Waals surface area contributed by atoms with Crippen LogP contribution in [0.15, 0.2) is 0 Å². The van der Waals surface area contributed by atoms with Crippen molar-refractivity contribution >= 4 is 17.8 Å². The number of hydrogen-bond acceptors (Lipinski definition) is 6. The van der Waals surface area contributed by atoms with Crippen LogP contribution < -0.4 is 5.32 Å². The molecule has 0 aromatic heterocycles. The van der Waals surface area contributed by atoms with Crippen LogP contribution in [0.5, 0.6) is 0 Å².